The Kier molecular flexibility index (Phi) is 3.39. The van der Waals surface area contributed by atoms with E-state index in [0.29, 0.717) is 48.5 Å². The Morgan fingerprint density at radius 1 is 1.29 bits per heavy atom. The molecule has 0 amide bonds. The van der Waals surface area contributed by atoms with Crippen LogP contribution in [-0.2, 0) is 0 Å². The Hall–Kier alpha value is -1.88. The Morgan fingerprint density at radius 3 is 2.65 bits per heavy atom. The van der Waals surface area contributed by atoms with E-state index in [2.05, 4.69) is 0 Å². The molecule has 1 aromatic carbocycles. The van der Waals surface area contributed by atoms with Crippen LogP contribution in [0.1, 0.15) is 27.1 Å². The van der Waals surface area contributed by atoms with Gasteiger partial charge in [-0.15, -0.1) is 0 Å². The molecule has 0 bridgehead atoms. The molecule has 0 atom stereocenters. The Bertz CT molecular complexity index is 456. The van der Waals surface area contributed by atoms with E-state index in [0.717, 1.165) is 0 Å². The average Bonchev–Trinajstić information content (AvgIpc) is 2.62. The van der Waals surface area contributed by atoms with Crippen molar-refractivity contribution in [1.82, 2.24) is 0 Å². The normalized spacial score (nSPS) is 13.9. The number of ketones is 1. The summed E-state index contributed by atoms with van der Waals surface area (Å²) in [5.41, 5.74) is 6.09. The van der Waals surface area contributed by atoms with Gasteiger partial charge in [0, 0.05) is 6.42 Å². The third kappa shape index (κ3) is 2.14. The van der Waals surface area contributed by atoms with Gasteiger partial charge in [-0.25, -0.2) is 0 Å². The van der Waals surface area contributed by atoms with Gasteiger partial charge in [0.1, 0.15) is 0 Å². The van der Waals surface area contributed by atoms with Crippen molar-refractivity contribution in [1.29, 1.82) is 0 Å². The van der Waals surface area contributed by atoms with Crippen LogP contribution in [0.25, 0.3) is 0 Å². The van der Waals surface area contributed by atoms with Crippen molar-refractivity contribution >= 4 is 12.1 Å². The molecule has 0 spiro atoms. The summed E-state index contributed by atoms with van der Waals surface area (Å²) < 4.78 is 10.9. The van der Waals surface area contributed by atoms with E-state index in [9.17, 15) is 9.59 Å². The lowest BCUT2D eigenvalue weighted by atomic mass is 10.1. The molecule has 17 heavy (non-hydrogen) atoms. The zero-order valence-electron chi connectivity index (χ0n) is 9.27. The Balaban J connectivity index is 2.56. The molecule has 5 heteroatoms. The lowest BCUT2D eigenvalue weighted by molar-refractivity contribution is 0.0996. The highest BCUT2D eigenvalue weighted by molar-refractivity contribution is 6.02. The second-order valence-corrected chi connectivity index (χ2v) is 3.66. The standard InChI is InChI=1S/C12H13NO4/c13-6-10(15)9-3-2-8(7-14)11-12(9)17-5-1-4-16-11/h2-3,7H,1,4-6,13H2. The summed E-state index contributed by atoms with van der Waals surface area (Å²) in [5, 5.41) is 0. The third-order valence-electron chi connectivity index (χ3n) is 2.54. The third-order valence-corrected chi connectivity index (χ3v) is 2.54. The van der Waals surface area contributed by atoms with E-state index in [4.69, 9.17) is 15.2 Å². The van der Waals surface area contributed by atoms with Gasteiger partial charge in [-0.1, -0.05) is 0 Å². The van der Waals surface area contributed by atoms with Gasteiger partial charge in [0.15, 0.2) is 23.6 Å². The van der Waals surface area contributed by atoms with E-state index in [1.54, 1.807) is 12.1 Å². The SMILES string of the molecule is NCC(=O)c1ccc(C=O)c2c1OCCCO2. The van der Waals surface area contributed by atoms with Gasteiger partial charge >= 0.3 is 0 Å². The quantitative estimate of drug-likeness (QED) is 0.619. The number of carbonyl (C=O) groups excluding carboxylic acids is 2. The summed E-state index contributed by atoms with van der Waals surface area (Å²) in [7, 11) is 0. The van der Waals surface area contributed by atoms with Gasteiger partial charge in [0.2, 0.25) is 0 Å². The molecule has 1 aliphatic heterocycles. The number of benzene rings is 1. The minimum absolute atomic E-state index is 0.101. The van der Waals surface area contributed by atoms with Gasteiger partial charge < -0.3 is 15.2 Å². The zero-order valence-corrected chi connectivity index (χ0v) is 9.27. The fourth-order valence-electron chi connectivity index (χ4n) is 1.70. The van der Waals surface area contributed by atoms with E-state index in [1.807, 2.05) is 0 Å². The minimum Gasteiger partial charge on any atom is -0.489 e. The second-order valence-electron chi connectivity index (χ2n) is 3.66. The molecule has 0 saturated carbocycles. The van der Waals surface area contributed by atoms with Crippen molar-refractivity contribution in [3.63, 3.8) is 0 Å². The van der Waals surface area contributed by atoms with Crippen LogP contribution in [0.2, 0.25) is 0 Å². The molecule has 2 N–H and O–H groups in total. The predicted molar refractivity (Wildman–Crippen MR) is 60.8 cm³/mol. The lowest BCUT2D eigenvalue weighted by Gasteiger charge is -2.12. The largest absolute Gasteiger partial charge is 0.489 e. The first kappa shape index (κ1) is 11.6. The highest BCUT2D eigenvalue weighted by Crippen LogP contribution is 2.36. The van der Waals surface area contributed by atoms with E-state index in [1.165, 1.54) is 0 Å². The maximum atomic E-state index is 11.6. The molecule has 1 aromatic rings. The highest BCUT2D eigenvalue weighted by atomic mass is 16.5. The Labute approximate surface area is 98.5 Å². The summed E-state index contributed by atoms with van der Waals surface area (Å²) in [4.78, 5) is 22.5. The second kappa shape index (κ2) is 4.97. The van der Waals surface area contributed by atoms with Gasteiger partial charge in [-0.3, -0.25) is 9.59 Å². The molecule has 0 aromatic heterocycles. The number of rotatable bonds is 3. The molecule has 90 valence electrons. The van der Waals surface area contributed by atoms with E-state index >= 15 is 0 Å². The molecule has 0 aliphatic carbocycles. The number of fused-ring (bicyclic) bond motifs is 1. The number of hydrogen-bond donors (Lipinski definition) is 1. The van der Waals surface area contributed by atoms with Gasteiger partial charge in [0.05, 0.1) is 30.9 Å². The van der Waals surface area contributed by atoms with Gasteiger partial charge in [-0.05, 0) is 12.1 Å². The summed E-state index contributed by atoms with van der Waals surface area (Å²) in [6.07, 6.45) is 1.40. The van der Waals surface area contributed by atoms with Crippen molar-refractivity contribution in [2.24, 2.45) is 5.73 Å². The summed E-state index contributed by atoms with van der Waals surface area (Å²) in [6.45, 7) is 0.824. The molecule has 0 radical (unpaired) electrons. The van der Waals surface area contributed by atoms with E-state index < -0.39 is 0 Å². The van der Waals surface area contributed by atoms with Crippen molar-refractivity contribution < 1.29 is 19.1 Å². The molecule has 5 nitrogen and oxygen atoms in total. The van der Waals surface area contributed by atoms with Crippen LogP contribution in [0.5, 0.6) is 11.5 Å². The summed E-state index contributed by atoms with van der Waals surface area (Å²) >= 11 is 0. The summed E-state index contributed by atoms with van der Waals surface area (Å²) in [5.74, 6) is 0.448. The number of carbonyl (C=O) groups is 2. The van der Waals surface area contributed by atoms with Crippen LogP contribution >= 0.6 is 0 Å². The topological polar surface area (TPSA) is 78.6 Å². The van der Waals surface area contributed by atoms with Gasteiger partial charge in [0.25, 0.3) is 0 Å². The zero-order chi connectivity index (χ0) is 12.3. The van der Waals surface area contributed by atoms with Crippen LogP contribution < -0.4 is 15.2 Å². The molecular formula is C12H13NO4. The maximum absolute atomic E-state index is 11.6. The molecule has 2 rings (SSSR count). The number of ether oxygens (including phenoxy) is 2. The monoisotopic (exact) mass is 235 g/mol. The van der Waals surface area contributed by atoms with Crippen molar-refractivity contribution in [2.45, 2.75) is 6.42 Å². The number of Topliss-reactive ketones (excluding diaryl/α,β-unsaturated/α-hetero) is 1. The first-order chi connectivity index (χ1) is 8.27. The van der Waals surface area contributed by atoms with Crippen molar-refractivity contribution in [3.05, 3.63) is 23.3 Å². The summed E-state index contributed by atoms with van der Waals surface area (Å²) in [6, 6.07) is 3.09. The number of nitrogens with two attached hydrogens (primary N) is 1. The van der Waals surface area contributed by atoms with Gasteiger partial charge in [-0.2, -0.15) is 0 Å². The van der Waals surface area contributed by atoms with Crippen molar-refractivity contribution in [3.8, 4) is 11.5 Å². The molecule has 0 saturated heterocycles. The van der Waals surface area contributed by atoms with Crippen LogP contribution in [0.3, 0.4) is 0 Å². The lowest BCUT2D eigenvalue weighted by Crippen LogP contribution is -2.15. The molecule has 1 heterocycles. The van der Waals surface area contributed by atoms with E-state index in [-0.39, 0.29) is 12.3 Å². The molecule has 0 unspecified atom stereocenters. The molecule has 1 aliphatic rings. The van der Waals surface area contributed by atoms with Crippen LogP contribution in [-0.4, -0.2) is 31.8 Å². The Morgan fingerprint density at radius 2 is 2.00 bits per heavy atom. The van der Waals surface area contributed by atoms with Crippen LogP contribution in [0.15, 0.2) is 12.1 Å². The maximum Gasteiger partial charge on any atom is 0.180 e. The van der Waals surface area contributed by atoms with Crippen LogP contribution in [0, 0.1) is 0 Å². The first-order valence-electron chi connectivity index (χ1n) is 5.39. The van der Waals surface area contributed by atoms with Crippen molar-refractivity contribution in [2.75, 3.05) is 19.8 Å². The van der Waals surface area contributed by atoms with Crippen LogP contribution in [0.4, 0.5) is 0 Å². The average molecular weight is 235 g/mol. The predicted octanol–water partition coefficient (Wildman–Crippen LogP) is 0.802. The highest BCUT2D eigenvalue weighted by Gasteiger charge is 2.21. The minimum atomic E-state index is -0.232. The fourth-order valence-corrected chi connectivity index (χ4v) is 1.70. The number of hydrogen-bond acceptors (Lipinski definition) is 5. The smallest absolute Gasteiger partial charge is 0.180 e. The molecule has 0 fully saturated rings. The molecular weight excluding hydrogens is 222 g/mol. The fraction of sp³-hybridized carbons (Fsp3) is 0.333. The first-order valence-corrected chi connectivity index (χ1v) is 5.39. The number of aldehydes is 1.